The molecule has 23 heavy (non-hydrogen) atoms. The first kappa shape index (κ1) is 14.8. The van der Waals surface area contributed by atoms with Crippen LogP contribution in [-0.2, 0) is 9.53 Å². The highest BCUT2D eigenvalue weighted by molar-refractivity contribution is 6.13. The lowest BCUT2D eigenvalue weighted by molar-refractivity contribution is -0.129. The van der Waals surface area contributed by atoms with Gasteiger partial charge in [-0.2, -0.15) is 0 Å². The van der Waals surface area contributed by atoms with Gasteiger partial charge in [-0.15, -0.1) is 0 Å². The normalized spacial score (nSPS) is 15.3. The van der Waals surface area contributed by atoms with Crippen LogP contribution in [0.3, 0.4) is 0 Å². The molecule has 1 aliphatic heterocycles. The molecule has 0 N–H and O–H groups in total. The third-order valence-electron chi connectivity index (χ3n) is 3.39. The highest BCUT2D eigenvalue weighted by Gasteiger charge is 2.25. The van der Waals surface area contributed by atoms with E-state index in [0.29, 0.717) is 17.1 Å². The number of cyclic esters (lactones) is 1. The van der Waals surface area contributed by atoms with Crippen LogP contribution in [0.25, 0.3) is 6.08 Å². The van der Waals surface area contributed by atoms with Gasteiger partial charge in [0.1, 0.15) is 11.5 Å². The van der Waals surface area contributed by atoms with Gasteiger partial charge in [0, 0.05) is 5.56 Å². The van der Waals surface area contributed by atoms with Gasteiger partial charge in [0.15, 0.2) is 5.70 Å². The summed E-state index contributed by atoms with van der Waals surface area (Å²) in [6.07, 6.45) is 1.61. The van der Waals surface area contributed by atoms with Crippen molar-refractivity contribution in [1.82, 2.24) is 0 Å². The highest BCUT2D eigenvalue weighted by Crippen LogP contribution is 2.32. The number of nitrogens with zero attached hydrogens (tertiary/aromatic N) is 1. The molecule has 5 heteroatoms. The number of rotatable bonds is 4. The highest BCUT2D eigenvalue weighted by atomic mass is 16.6. The third-order valence-corrected chi connectivity index (χ3v) is 3.39. The average Bonchev–Trinajstić information content (AvgIpc) is 2.96. The molecule has 116 valence electrons. The maximum absolute atomic E-state index is 12.1. The Labute approximate surface area is 133 Å². The second kappa shape index (κ2) is 6.36. The van der Waals surface area contributed by atoms with Crippen LogP contribution in [-0.4, -0.2) is 26.1 Å². The zero-order chi connectivity index (χ0) is 16.2. The van der Waals surface area contributed by atoms with E-state index >= 15 is 0 Å². The van der Waals surface area contributed by atoms with Gasteiger partial charge in [-0.1, -0.05) is 24.3 Å². The van der Waals surface area contributed by atoms with Crippen LogP contribution in [0.4, 0.5) is 0 Å². The summed E-state index contributed by atoms with van der Waals surface area (Å²) in [5.41, 5.74) is 1.59. The zero-order valence-corrected chi connectivity index (χ0v) is 12.8. The zero-order valence-electron chi connectivity index (χ0n) is 12.8. The Bertz CT molecular complexity index is 772. The van der Waals surface area contributed by atoms with Crippen molar-refractivity contribution in [2.45, 2.75) is 0 Å². The molecule has 0 atom stereocenters. The minimum Gasteiger partial charge on any atom is -0.496 e. The van der Waals surface area contributed by atoms with Crippen LogP contribution < -0.4 is 9.47 Å². The smallest absolute Gasteiger partial charge is 0.363 e. The second-order valence-electron chi connectivity index (χ2n) is 4.78. The molecule has 0 saturated heterocycles. The van der Waals surface area contributed by atoms with Gasteiger partial charge in [0.2, 0.25) is 5.90 Å². The lowest BCUT2D eigenvalue weighted by Gasteiger charge is -2.09. The lowest BCUT2D eigenvalue weighted by Crippen LogP contribution is -2.05. The van der Waals surface area contributed by atoms with Gasteiger partial charge >= 0.3 is 5.97 Å². The van der Waals surface area contributed by atoms with Crippen molar-refractivity contribution in [1.29, 1.82) is 0 Å². The Hall–Kier alpha value is -3.08. The van der Waals surface area contributed by atoms with Gasteiger partial charge in [0.25, 0.3) is 0 Å². The molecule has 0 aliphatic carbocycles. The summed E-state index contributed by atoms with van der Waals surface area (Å²) in [6.45, 7) is 0. The quantitative estimate of drug-likeness (QED) is 0.643. The van der Waals surface area contributed by atoms with Crippen LogP contribution >= 0.6 is 0 Å². The van der Waals surface area contributed by atoms with E-state index in [9.17, 15) is 4.79 Å². The number of benzene rings is 2. The number of ether oxygens (including phenoxy) is 3. The first-order chi connectivity index (χ1) is 11.2. The van der Waals surface area contributed by atoms with Crippen LogP contribution in [0.5, 0.6) is 11.5 Å². The number of esters is 1. The molecule has 0 fully saturated rings. The number of carbonyl (C=O) groups is 1. The van der Waals surface area contributed by atoms with E-state index in [1.807, 2.05) is 36.4 Å². The Morgan fingerprint density at radius 1 is 0.957 bits per heavy atom. The van der Waals surface area contributed by atoms with Gasteiger partial charge in [-0.05, 0) is 30.3 Å². The van der Waals surface area contributed by atoms with Crippen molar-refractivity contribution in [3.63, 3.8) is 0 Å². The van der Waals surface area contributed by atoms with Crippen LogP contribution in [0.15, 0.2) is 59.2 Å². The summed E-state index contributed by atoms with van der Waals surface area (Å²) < 4.78 is 15.9. The first-order valence-electron chi connectivity index (χ1n) is 7.02. The fourth-order valence-electron chi connectivity index (χ4n) is 2.27. The summed E-state index contributed by atoms with van der Waals surface area (Å²) in [7, 11) is 3.12. The van der Waals surface area contributed by atoms with E-state index in [1.165, 1.54) is 0 Å². The minimum atomic E-state index is -0.503. The van der Waals surface area contributed by atoms with Crippen molar-refractivity contribution in [3.05, 3.63) is 65.4 Å². The van der Waals surface area contributed by atoms with E-state index in [0.717, 1.165) is 5.56 Å². The third kappa shape index (κ3) is 2.94. The maximum atomic E-state index is 12.1. The molecule has 0 amide bonds. The number of carbonyl (C=O) groups excluding carboxylic acids is 1. The van der Waals surface area contributed by atoms with Crippen molar-refractivity contribution in [2.75, 3.05) is 14.2 Å². The van der Waals surface area contributed by atoms with Crippen molar-refractivity contribution >= 4 is 17.9 Å². The number of hydrogen-bond donors (Lipinski definition) is 0. The monoisotopic (exact) mass is 309 g/mol. The Balaban J connectivity index is 2.03. The number of methoxy groups -OCH3 is 2. The van der Waals surface area contributed by atoms with Gasteiger partial charge in [0.05, 0.1) is 19.8 Å². The second-order valence-corrected chi connectivity index (χ2v) is 4.78. The maximum Gasteiger partial charge on any atom is 0.363 e. The number of hydrogen-bond acceptors (Lipinski definition) is 5. The Morgan fingerprint density at radius 3 is 2.22 bits per heavy atom. The number of aliphatic imine (C=N–C) groups is 1. The van der Waals surface area contributed by atoms with E-state index in [4.69, 9.17) is 14.2 Å². The average molecular weight is 309 g/mol. The van der Waals surface area contributed by atoms with Crippen molar-refractivity contribution in [2.24, 2.45) is 4.99 Å². The molecule has 2 aromatic carbocycles. The lowest BCUT2D eigenvalue weighted by atomic mass is 10.1. The van der Waals surface area contributed by atoms with E-state index in [-0.39, 0.29) is 11.6 Å². The standard InChI is InChI=1S/C18H15NO4/c1-21-15-9-6-10-16(22-2)13(15)11-14-18(20)23-17(19-14)12-7-4-3-5-8-12/h3-11H,1-2H3/b14-11+. The topological polar surface area (TPSA) is 57.1 Å². The molecule has 0 aromatic heterocycles. The van der Waals surface area contributed by atoms with Crippen molar-refractivity contribution in [3.8, 4) is 11.5 Å². The molecule has 0 bridgehead atoms. The van der Waals surface area contributed by atoms with E-state index < -0.39 is 5.97 Å². The summed E-state index contributed by atoms with van der Waals surface area (Å²) in [4.78, 5) is 16.4. The molecule has 0 unspecified atom stereocenters. The largest absolute Gasteiger partial charge is 0.496 e. The Kier molecular flexibility index (Phi) is 4.10. The van der Waals surface area contributed by atoms with Crippen molar-refractivity contribution < 1.29 is 19.0 Å². The Morgan fingerprint density at radius 2 is 1.61 bits per heavy atom. The molecule has 0 saturated carbocycles. The molecule has 3 rings (SSSR count). The molecular formula is C18H15NO4. The van der Waals surface area contributed by atoms with Crippen LogP contribution in [0.2, 0.25) is 0 Å². The summed E-state index contributed by atoms with van der Waals surface area (Å²) in [6, 6.07) is 14.7. The van der Waals surface area contributed by atoms with Gasteiger partial charge < -0.3 is 14.2 Å². The first-order valence-corrected chi connectivity index (χ1v) is 7.02. The van der Waals surface area contributed by atoms with Gasteiger partial charge in [-0.25, -0.2) is 9.79 Å². The van der Waals surface area contributed by atoms with E-state index in [2.05, 4.69) is 4.99 Å². The summed E-state index contributed by atoms with van der Waals surface area (Å²) in [5, 5.41) is 0. The summed E-state index contributed by atoms with van der Waals surface area (Å²) >= 11 is 0. The molecule has 5 nitrogen and oxygen atoms in total. The molecule has 0 radical (unpaired) electrons. The van der Waals surface area contributed by atoms with Crippen LogP contribution in [0, 0.1) is 0 Å². The molecule has 0 spiro atoms. The SMILES string of the molecule is COc1cccc(OC)c1/C=C1/N=C(c2ccccc2)OC1=O. The van der Waals surface area contributed by atoms with Crippen LogP contribution in [0.1, 0.15) is 11.1 Å². The minimum absolute atomic E-state index is 0.201. The molecular weight excluding hydrogens is 294 g/mol. The molecule has 1 heterocycles. The molecule has 1 aliphatic rings. The van der Waals surface area contributed by atoms with Gasteiger partial charge in [-0.3, -0.25) is 0 Å². The predicted molar refractivity (Wildman–Crippen MR) is 86.6 cm³/mol. The van der Waals surface area contributed by atoms with E-state index in [1.54, 1.807) is 32.4 Å². The molecule has 2 aromatic rings. The summed E-state index contributed by atoms with van der Waals surface area (Å²) in [5.74, 6) is 0.966. The fourth-order valence-corrected chi connectivity index (χ4v) is 2.27. The predicted octanol–water partition coefficient (Wildman–Crippen LogP) is 3.05. The fraction of sp³-hybridized carbons (Fsp3) is 0.111.